The lowest BCUT2D eigenvalue weighted by Crippen LogP contribution is -2.39. The topological polar surface area (TPSA) is 52.1 Å². The molecule has 0 aliphatic carbocycles. The summed E-state index contributed by atoms with van der Waals surface area (Å²) in [6.07, 6.45) is 2.38. The number of nitrogens with zero attached hydrogens (tertiary/aromatic N) is 3. The van der Waals surface area contributed by atoms with Crippen LogP contribution in [0.3, 0.4) is 0 Å². The fraction of sp³-hybridized carbons (Fsp3) is 0.944. The van der Waals surface area contributed by atoms with Gasteiger partial charge in [0, 0.05) is 39.3 Å². The second kappa shape index (κ2) is 16.1. The third kappa shape index (κ3) is 13.7. The summed E-state index contributed by atoms with van der Waals surface area (Å²) in [7, 11) is 2.21. The molecule has 0 bridgehead atoms. The van der Waals surface area contributed by atoms with Crippen molar-refractivity contribution in [3.63, 3.8) is 0 Å². The van der Waals surface area contributed by atoms with Crippen LogP contribution in [0.15, 0.2) is 4.99 Å². The molecule has 1 saturated heterocycles. The van der Waals surface area contributed by atoms with Crippen LogP contribution in [0, 0.1) is 5.92 Å². The van der Waals surface area contributed by atoms with Crippen molar-refractivity contribution in [2.24, 2.45) is 10.9 Å². The van der Waals surface area contributed by atoms with E-state index in [1.807, 2.05) is 0 Å². The SMILES string of the molecule is CCNC(=NCCN1CCCN(C)CC1)NCCOCCC(C)C.I. The van der Waals surface area contributed by atoms with E-state index in [4.69, 9.17) is 4.74 Å². The summed E-state index contributed by atoms with van der Waals surface area (Å²) in [6, 6.07) is 0. The monoisotopic (exact) mass is 469 g/mol. The fourth-order valence-corrected chi connectivity index (χ4v) is 2.63. The predicted molar refractivity (Wildman–Crippen MR) is 118 cm³/mol. The lowest BCUT2D eigenvalue weighted by atomic mass is 10.1. The van der Waals surface area contributed by atoms with Crippen molar-refractivity contribution in [3.8, 4) is 0 Å². The molecule has 1 heterocycles. The van der Waals surface area contributed by atoms with E-state index in [0.29, 0.717) is 5.92 Å². The first-order chi connectivity index (χ1) is 11.6. The first-order valence-electron chi connectivity index (χ1n) is 9.62. The van der Waals surface area contributed by atoms with Crippen molar-refractivity contribution in [1.82, 2.24) is 20.4 Å². The molecule has 1 aliphatic heterocycles. The van der Waals surface area contributed by atoms with E-state index in [2.05, 4.69) is 53.2 Å². The molecule has 1 rings (SSSR count). The summed E-state index contributed by atoms with van der Waals surface area (Å²) in [6.45, 7) is 16.4. The molecule has 0 radical (unpaired) electrons. The van der Waals surface area contributed by atoms with Crippen molar-refractivity contribution in [1.29, 1.82) is 0 Å². The molecule has 1 aliphatic rings. The van der Waals surface area contributed by atoms with Crippen LogP contribution in [-0.4, -0.2) is 88.4 Å². The Morgan fingerprint density at radius 3 is 2.64 bits per heavy atom. The van der Waals surface area contributed by atoms with Gasteiger partial charge in [-0.2, -0.15) is 0 Å². The summed E-state index contributed by atoms with van der Waals surface area (Å²) in [5.41, 5.74) is 0. The van der Waals surface area contributed by atoms with Crippen molar-refractivity contribution < 1.29 is 4.74 Å². The Bertz CT molecular complexity index is 341. The number of hydrogen-bond donors (Lipinski definition) is 2. The van der Waals surface area contributed by atoms with Gasteiger partial charge in [0.25, 0.3) is 0 Å². The molecule has 25 heavy (non-hydrogen) atoms. The van der Waals surface area contributed by atoms with Crippen LogP contribution < -0.4 is 10.6 Å². The number of nitrogens with one attached hydrogen (secondary N) is 2. The molecule has 0 amide bonds. The Hall–Kier alpha value is -0.120. The minimum Gasteiger partial charge on any atom is -0.380 e. The first kappa shape index (κ1) is 24.9. The van der Waals surface area contributed by atoms with Gasteiger partial charge in [-0.1, -0.05) is 13.8 Å². The van der Waals surface area contributed by atoms with Crippen molar-refractivity contribution >= 4 is 29.9 Å². The highest BCUT2D eigenvalue weighted by Gasteiger charge is 2.11. The lowest BCUT2D eigenvalue weighted by molar-refractivity contribution is 0.128. The molecular weight excluding hydrogens is 429 g/mol. The maximum Gasteiger partial charge on any atom is 0.191 e. The second-order valence-corrected chi connectivity index (χ2v) is 6.98. The lowest BCUT2D eigenvalue weighted by Gasteiger charge is -2.19. The van der Waals surface area contributed by atoms with Gasteiger partial charge < -0.3 is 25.2 Å². The molecule has 2 N–H and O–H groups in total. The molecule has 0 atom stereocenters. The molecule has 150 valence electrons. The minimum atomic E-state index is 0. The van der Waals surface area contributed by atoms with Gasteiger partial charge in [-0.3, -0.25) is 4.99 Å². The molecule has 0 spiro atoms. The van der Waals surface area contributed by atoms with Crippen LogP contribution in [-0.2, 0) is 4.74 Å². The van der Waals surface area contributed by atoms with Gasteiger partial charge >= 0.3 is 0 Å². The van der Waals surface area contributed by atoms with Gasteiger partial charge in [0.1, 0.15) is 0 Å². The molecular formula is C18H40IN5O. The number of rotatable bonds is 10. The summed E-state index contributed by atoms with van der Waals surface area (Å²) < 4.78 is 5.64. The van der Waals surface area contributed by atoms with Crippen LogP contribution in [0.2, 0.25) is 0 Å². The maximum absolute atomic E-state index is 5.64. The Balaban J connectivity index is 0.00000576. The van der Waals surface area contributed by atoms with Crippen molar-refractivity contribution in [3.05, 3.63) is 0 Å². The van der Waals surface area contributed by atoms with Crippen LogP contribution in [0.4, 0.5) is 0 Å². The van der Waals surface area contributed by atoms with Crippen molar-refractivity contribution in [2.75, 3.05) is 72.6 Å². The molecule has 0 unspecified atom stereocenters. The van der Waals surface area contributed by atoms with Gasteiger partial charge in [-0.25, -0.2) is 0 Å². The second-order valence-electron chi connectivity index (χ2n) is 6.98. The smallest absolute Gasteiger partial charge is 0.191 e. The van der Waals surface area contributed by atoms with E-state index >= 15 is 0 Å². The first-order valence-corrected chi connectivity index (χ1v) is 9.62. The number of aliphatic imine (C=N–C) groups is 1. The van der Waals surface area contributed by atoms with E-state index in [1.165, 1.54) is 19.5 Å². The van der Waals surface area contributed by atoms with Gasteiger partial charge in [0.15, 0.2) is 5.96 Å². The highest BCUT2D eigenvalue weighted by Crippen LogP contribution is 2.00. The minimum absolute atomic E-state index is 0. The zero-order valence-electron chi connectivity index (χ0n) is 16.7. The normalized spacial score (nSPS) is 17.2. The standard InChI is InChI=1S/C18H39N5O.HI/c1-5-19-18(21-9-16-24-15-7-17(2)3)20-8-12-23-11-6-10-22(4)13-14-23;/h17H,5-16H2,1-4H3,(H2,19,20,21);1H. The number of hydrogen-bond acceptors (Lipinski definition) is 4. The van der Waals surface area contributed by atoms with Gasteiger partial charge in [0.05, 0.1) is 13.2 Å². The largest absolute Gasteiger partial charge is 0.380 e. The number of ether oxygens (including phenoxy) is 1. The summed E-state index contributed by atoms with van der Waals surface area (Å²) in [5, 5.41) is 6.66. The molecule has 6 nitrogen and oxygen atoms in total. The van der Waals surface area contributed by atoms with Crippen LogP contribution in [0.25, 0.3) is 0 Å². The maximum atomic E-state index is 5.64. The van der Waals surface area contributed by atoms with Gasteiger partial charge in [-0.05, 0) is 45.8 Å². The fourth-order valence-electron chi connectivity index (χ4n) is 2.63. The Labute approximate surface area is 172 Å². The highest BCUT2D eigenvalue weighted by molar-refractivity contribution is 14.0. The van der Waals surface area contributed by atoms with E-state index in [9.17, 15) is 0 Å². The van der Waals surface area contributed by atoms with E-state index in [-0.39, 0.29) is 24.0 Å². The molecule has 7 heteroatoms. The number of guanidine groups is 1. The average Bonchev–Trinajstić information content (AvgIpc) is 2.75. The van der Waals surface area contributed by atoms with Crippen LogP contribution in [0.5, 0.6) is 0 Å². The van der Waals surface area contributed by atoms with E-state index in [1.54, 1.807) is 0 Å². The predicted octanol–water partition coefficient (Wildman–Crippen LogP) is 1.86. The molecule has 0 aromatic rings. The van der Waals surface area contributed by atoms with Crippen molar-refractivity contribution in [2.45, 2.75) is 33.6 Å². The Morgan fingerprint density at radius 2 is 1.92 bits per heavy atom. The molecule has 1 fully saturated rings. The van der Waals surface area contributed by atoms with Gasteiger partial charge in [-0.15, -0.1) is 24.0 Å². The number of halogens is 1. The quantitative estimate of drug-likeness (QED) is 0.222. The van der Waals surface area contributed by atoms with E-state index in [0.717, 1.165) is 64.9 Å². The van der Waals surface area contributed by atoms with E-state index < -0.39 is 0 Å². The molecule has 0 aromatic heterocycles. The Kier molecular flexibility index (Phi) is 16.0. The third-order valence-corrected chi connectivity index (χ3v) is 4.22. The third-order valence-electron chi connectivity index (χ3n) is 4.22. The average molecular weight is 469 g/mol. The summed E-state index contributed by atoms with van der Waals surface area (Å²) in [4.78, 5) is 9.62. The van der Waals surface area contributed by atoms with Gasteiger partial charge in [0.2, 0.25) is 0 Å². The summed E-state index contributed by atoms with van der Waals surface area (Å²) in [5.74, 6) is 1.60. The van der Waals surface area contributed by atoms with Crippen LogP contribution in [0.1, 0.15) is 33.6 Å². The van der Waals surface area contributed by atoms with Crippen LogP contribution >= 0.6 is 24.0 Å². The highest BCUT2D eigenvalue weighted by atomic mass is 127. The zero-order chi connectivity index (χ0) is 17.6. The number of likely N-dealkylation sites (N-methyl/N-ethyl adjacent to an activating group) is 1. The zero-order valence-corrected chi connectivity index (χ0v) is 19.1. The molecule has 0 aromatic carbocycles. The molecule has 0 saturated carbocycles. The Morgan fingerprint density at radius 1 is 1.12 bits per heavy atom. The summed E-state index contributed by atoms with van der Waals surface area (Å²) >= 11 is 0.